The Bertz CT molecular complexity index is 1420. The number of aromatic nitrogens is 2. The molecular weight excluding hydrogens is 448 g/mol. The van der Waals surface area contributed by atoms with Gasteiger partial charge in [-0.2, -0.15) is 0 Å². The summed E-state index contributed by atoms with van der Waals surface area (Å²) in [5.74, 6) is 2.21. The van der Waals surface area contributed by atoms with Crippen molar-refractivity contribution in [1.82, 2.24) is 15.3 Å². The molecule has 0 aliphatic rings. The van der Waals surface area contributed by atoms with Gasteiger partial charge in [0.15, 0.2) is 5.82 Å². The average Bonchev–Trinajstić information content (AvgIpc) is 3.44. The quantitative estimate of drug-likeness (QED) is 0.276. The summed E-state index contributed by atoms with van der Waals surface area (Å²) < 4.78 is 5.66. The topological polar surface area (TPSA) is 71.3 Å². The fourth-order valence-electron chi connectivity index (χ4n) is 4.24. The van der Waals surface area contributed by atoms with Gasteiger partial charge in [0.25, 0.3) is 0 Å². The lowest BCUT2D eigenvalue weighted by Crippen LogP contribution is -2.32. The molecule has 0 aliphatic carbocycles. The van der Waals surface area contributed by atoms with Gasteiger partial charge in [-0.25, -0.2) is 9.97 Å². The van der Waals surface area contributed by atoms with Crippen molar-refractivity contribution < 1.29 is 9.21 Å². The first-order valence-electron chi connectivity index (χ1n) is 12.1. The first kappa shape index (κ1) is 23.3. The third-order valence-corrected chi connectivity index (χ3v) is 6.13. The number of anilines is 1. The molecule has 2 heterocycles. The molecule has 0 unspecified atom stereocenters. The van der Waals surface area contributed by atoms with Gasteiger partial charge in [-0.05, 0) is 36.8 Å². The number of hydrogen-bond acceptors (Lipinski definition) is 5. The number of rotatable bonds is 9. The number of nitrogens with zero attached hydrogens (tertiary/aromatic N) is 3. The van der Waals surface area contributed by atoms with Gasteiger partial charge in [0, 0.05) is 23.9 Å². The Morgan fingerprint density at radius 1 is 0.889 bits per heavy atom. The van der Waals surface area contributed by atoms with E-state index in [1.807, 2.05) is 104 Å². The maximum Gasteiger partial charge on any atom is 0.222 e. The molecule has 6 heteroatoms. The molecule has 6 nitrogen and oxygen atoms in total. The van der Waals surface area contributed by atoms with Gasteiger partial charge in [0.1, 0.15) is 11.6 Å². The minimum Gasteiger partial charge on any atom is -0.467 e. The van der Waals surface area contributed by atoms with E-state index in [0.29, 0.717) is 25.3 Å². The highest BCUT2D eigenvalue weighted by molar-refractivity contribution is 5.91. The summed E-state index contributed by atoms with van der Waals surface area (Å²) in [6.07, 6.45) is 1.98. The lowest BCUT2D eigenvalue weighted by Gasteiger charge is -2.25. The third kappa shape index (κ3) is 5.44. The molecule has 1 N–H and O–H groups in total. The van der Waals surface area contributed by atoms with Crippen molar-refractivity contribution >= 4 is 22.6 Å². The van der Waals surface area contributed by atoms with Crippen LogP contribution in [0.2, 0.25) is 0 Å². The maximum absolute atomic E-state index is 12.9. The zero-order chi connectivity index (χ0) is 24.7. The van der Waals surface area contributed by atoms with Gasteiger partial charge in [-0.1, -0.05) is 72.8 Å². The number of hydrogen-bond donors (Lipinski definition) is 1. The van der Waals surface area contributed by atoms with Crippen LogP contribution in [0.25, 0.3) is 22.3 Å². The number of para-hydroxylation sites is 1. The number of carbonyl (C=O) groups is 1. The first-order chi connectivity index (χ1) is 17.7. The summed E-state index contributed by atoms with van der Waals surface area (Å²) in [7, 11) is 0. The Morgan fingerprint density at radius 2 is 1.61 bits per heavy atom. The number of amides is 1. The fraction of sp³-hybridized carbons (Fsp3) is 0.167. The SMILES string of the molecule is C[C@@H](NC(=O)CCN(Cc1ccco1)c1nc(-c2ccccc2)nc2ccccc12)c1ccccc1. The van der Waals surface area contributed by atoms with Crippen molar-refractivity contribution in [2.24, 2.45) is 0 Å². The second kappa shape index (κ2) is 10.9. The predicted octanol–water partition coefficient (Wildman–Crippen LogP) is 6.16. The Labute approximate surface area is 210 Å². The zero-order valence-corrected chi connectivity index (χ0v) is 20.2. The molecule has 2 aromatic heterocycles. The maximum atomic E-state index is 12.9. The van der Waals surface area contributed by atoms with E-state index in [9.17, 15) is 4.79 Å². The largest absolute Gasteiger partial charge is 0.467 e. The lowest BCUT2D eigenvalue weighted by molar-refractivity contribution is -0.121. The third-order valence-electron chi connectivity index (χ3n) is 6.13. The Kier molecular flexibility index (Phi) is 7.03. The molecular formula is C30H28N4O2. The van der Waals surface area contributed by atoms with Crippen LogP contribution in [0.4, 0.5) is 5.82 Å². The zero-order valence-electron chi connectivity index (χ0n) is 20.2. The summed E-state index contributed by atoms with van der Waals surface area (Å²) >= 11 is 0. The molecule has 0 aliphatic heterocycles. The van der Waals surface area contributed by atoms with E-state index < -0.39 is 0 Å². The molecule has 0 fully saturated rings. The van der Waals surface area contributed by atoms with Crippen LogP contribution >= 0.6 is 0 Å². The lowest BCUT2D eigenvalue weighted by atomic mass is 10.1. The van der Waals surface area contributed by atoms with Crippen molar-refractivity contribution in [3.8, 4) is 11.4 Å². The first-order valence-corrected chi connectivity index (χ1v) is 12.1. The van der Waals surface area contributed by atoms with E-state index in [4.69, 9.17) is 14.4 Å². The van der Waals surface area contributed by atoms with Gasteiger partial charge in [-0.15, -0.1) is 0 Å². The number of nitrogens with one attached hydrogen (secondary N) is 1. The van der Waals surface area contributed by atoms with E-state index in [1.165, 1.54) is 0 Å². The van der Waals surface area contributed by atoms with Gasteiger partial charge in [0.05, 0.1) is 24.4 Å². The van der Waals surface area contributed by atoms with Crippen LogP contribution in [0.1, 0.15) is 30.7 Å². The van der Waals surface area contributed by atoms with Crippen molar-refractivity contribution in [2.45, 2.75) is 25.9 Å². The molecule has 5 aromatic rings. The van der Waals surface area contributed by atoms with Crippen LogP contribution in [0.3, 0.4) is 0 Å². The van der Waals surface area contributed by atoms with E-state index >= 15 is 0 Å². The molecule has 0 spiro atoms. The molecule has 1 atom stereocenters. The smallest absolute Gasteiger partial charge is 0.222 e. The van der Waals surface area contributed by atoms with Crippen molar-refractivity contribution in [2.75, 3.05) is 11.4 Å². The van der Waals surface area contributed by atoms with Crippen LogP contribution in [-0.2, 0) is 11.3 Å². The minimum absolute atomic E-state index is 0.0163. The molecule has 0 bridgehead atoms. The molecule has 0 radical (unpaired) electrons. The van der Waals surface area contributed by atoms with Crippen LogP contribution in [0.5, 0.6) is 0 Å². The number of benzene rings is 3. The molecule has 5 rings (SSSR count). The summed E-state index contributed by atoms with van der Waals surface area (Å²) in [5, 5.41) is 4.05. The number of carbonyl (C=O) groups excluding carboxylic acids is 1. The molecule has 36 heavy (non-hydrogen) atoms. The average molecular weight is 477 g/mol. The molecule has 0 saturated heterocycles. The Hall–Kier alpha value is -4.45. The molecule has 180 valence electrons. The summed E-state index contributed by atoms with van der Waals surface area (Å²) in [6.45, 7) is 2.96. The van der Waals surface area contributed by atoms with E-state index in [1.54, 1.807) is 6.26 Å². The van der Waals surface area contributed by atoms with Crippen LogP contribution < -0.4 is 10.2 Å². The Morgan fingerprint density at radius 3 is 2.36 bits per heavy atom. The van der Waals surface area contributed by atoms with Gasteiger partial charge < -0.3 is 14.6 Å². The van der Waals surface area contributed by atoms with Gasteiger partial charge >= 0.3 is 0 Å². The van der Waals surface area contributed by atoms with Crippen molar-refractivity contribution in [3.05, 3.63) is 115 Å². The monoisotopic (exact) mass is 476 g/mol. The molecule has 3 aromatic carbocycles. The normalized spacial score (nSPS) is 11.8. The van der Waals surface area contributed by atoms with Gasteiger partial charge in [-0.3, -0.25) is 4.79 Å². The molecule has 0 saturated carbocycles. The second-order valence-electron chi connectivity index (χ2n) is 8.70. The second-order valence-corrected chi connectivity index (χ2v) is 8.70. The minimum atomic E-state index is -0.0678. The van der Waals surface area contributed by atoms with E-state index in [0.717, 1.165) is 33.6 Å². The Balaban J connectivity index is 1.44. The van der Waals surface area contributed by atoms with E-state index in [-0.39, 0.29) is 11.9 Å². The standard InChI is InChI=1S/C30H28N4O2/c1-22(23-11-4-2-5-12-23)31-28(35)18-19-34(21-25-15-10-20-36-25)30-26-16-8-9-17-27(26)32-29(33-30)24-13-6-3-7-14-24/h2-17,20,22H,18-19,21H2,1H3,(H,31,35)/t22-/m1/s1. The van der Waals surface area contributed by atoms with Crippen molar-refractivity contribution in [1.29, 1.82) is 0 Å². The fourth-order valence-corrected chi connectivity index (χ4v) is 4.24. The summed E-state index contributed by atoms with van der Waals surface area (Å²) in [5.41, 5.74) is 2.87. The summed E-state index contributed by atoms with van der Waals surface area (Å²) in [6, 6.07) is 31.6. The van der Waals surface area contributed by atoms with Crippen molar-refractivity contribution in [3.63, 3.8) is 0 Å². The highest BCUT2D eigenvalue weighted by atomic mass is 16.3. The van der Waals surface area contributed by atoms with E-state index in [2.05, 4.69) is 10.2 Å². The van der Waals surface area contributed by atoms with Gasteiger partial charge in [0.2, 0.25) is 5.91 Å². The number of furan rings is 1. The summed E-state index contributed by atoms with van der Waals surface area (Å²) in [4.78, 5) is 24.8. The highest BCUT2D eigenvalue weighted by Crippen LogP contribution is 2.29. The molecule has 1 amide bonds. The van der Waals surface area contributed by atoms with Crippen LogP contribution in [0.15, 0.2) is 108 Å². The number of fused-ring (bicyclic) bond motifs is 1. The highest BCUT2D eigenvalue weighted by Gasteiger charge is 2.19. The van der Waals surface area contributed by atoms with Crippen LogP contribution in [-0.4, -0.2) is 22.4 Å². The van der Waals surface area contributed by atoms with Crippen LogP contribution in [0, 0.1) is 0 Å². The predicted molar refractivity (Wildman–Crippen MR) is 142 cm³/mol.